The maximum absolute atomic E-state index is 13.6. The maximum atomic E-state index is 13.6. The van der Waals surface area contributed by atoms with Crippen molar-refractivity contribution in [2.24, 2.45) is 0 Å². The van der Waals surface area contributed by atoms with E-state index in [1.54, 1.807) is 0 Å². The topological polar surface area (TPSA) is 26.3 Å². The number of carbonyl (C=O) groups is 1. The van der Waals surface area contributed by atoms with Gasteiger partial charge in [0, 0.05) is 5.56 Å². The number of carbonyl (C=O) groups excluding carboxylic acids is 1. The van der Waals surface area contributed by atoms with E-state index in [4.69, 9.17) is 0 Å². The van der Waals surface area contributed by atoms with E-state index in [2.05, 4.69) is 4.74 Å². The van der Waals surface area contributed by atoms with E-state index < -0.39 is 23.9 Å². The Morgan fingerprint density at radius 1 is 1.39 bits per heavy atom. The zero-order valence-electron chi connectivity index (χ0n) is 9.84. The first-order valence-corrected chi connectivity index (χ1v) is 5.25. The van der Waals surface area contributed by atoms with Crippen molar-refractivity contribution in [1.29, 1.82) is 0 Å². The third-order valence-electron chi connectivity index (χ3n) is 2.36. The summed E-state index contributed by atoms with van der Waals surface area (Å²) in [6.07, 6.45) is -6.55. The van der Waals surface area contributed by atoms with Crippen LogP contribution in [0.5, 0.6) is 0 Å². The average Bonchev–Trinajstić information content (AvgIpc) is 2.27. The molecule has 0 aliphatic heterocycles. The highest BCUT2D eigenvalue weighted by atomic mass is 19.4. The lowest BCUT2D eigenvalue weighted by Crippen LogP contribution is -2.14. The summed E-state index contributed by atoms with van der Waals surface area (Å²) < 4.78 is 55.3. The first kappa shape index (κ1) is 14.5. The van der Waals surface area contributed by atoms with Gasteiger partial charge in [-0.1, -0.05) is 6.07 Å². The second kappa shape index (κ2) is 5.37. The van der Waals surface area contributed by atoms with Crippen LogP contribution in [0.2, 0.25) is 0 Å². The van der Waals surface area contributed by atoms with Gasteiger partial charge in [-0.05, 0) is 31.5 Å². The van der Waals surface area contributed by atoms with Crippen LogP contribution in [0.25, 0.3) is 0 Å². The summed E-state index contributed by atoms with van der Waals surface area (Å²) in [5.74, 6) is -1.10. The average molecular weight is 264 g/mol. The molecule has 0 aliphatic rings. The minimum Gasteiger partial charge on any atom is -0.464 e. The third kappa shape index (κ3) is 3.21. The van der Waals surface area contributed by atoms with Crippen molar-refractivity contribution >= 4 is 5.97 Å². The van der Waals surface area contributed by atoms with E-state index in [9.17, 15) is 22.4 Å². The largest absolute Gasteiger partial charge is 0.464 e. The van der Waals surface area contributed by atoms with E-state index >= 15 is 0 Å². The molecule has 0 saturated heterocycles. The van der Waals surface area contributed by atoms with Gasteiger partial charge < -0.3 is 4.74 Å². The fourth-order valence-electron chi connectivity index (χ4n) is 1.48. The highest BCUT2D eigenvalue weighted by molar-refractivity contribution is 5.76. The molecule has 0 radical (unpaired) electrons. The molecule has 0 fully saturated rings. The molecule has 6 heteroatoms. The standard InChI is InChI=1S/C12H12F4O2/c1-3-18-11(17)10(13)9-5-4-8(6-7(9)2)12(14,15)16/h4-6,10H,3H2,1-2H3. The van der Waals surface area contributed by atoms with Crippen molar-refractivity contribution in [3.05, 3.63) is 34.9 Å². The van der Waals surface area contributed by atoms with Gasteiger partial charge in [-0.2, -0.15) is 13.2 Å². The predicted molar refractivity (Wildman–Crippen MR) is 56.7 cm³/mol. The Labute approximate surface area is 102 Å². The lowest BCUT2D eigenvalue weighted by atomic mass is 10.0. The van der Waals surface area contributed by atoms with Crippen molar-refractivity contribution in [3.63, 3.8) is 0 Å². The third-order valence-corrected chi connectivity index (χ3v) is 2.36. The number of hydrogen-bond donors (Lipinski definition) is 0. The van der Waals surface area contributed by atoms with Gasteiger partial charge in [-0.25, -0.2) is 9.18 Å². The first-order valence-electron chi connectivity index (χ1n) is 5.25. The molecule has 0 saturated carbocycles. The number of halogens is 4. The zero-order chi connectivity index (χ0) is 13.9. The summed E-state index contributed by atoms with van der Waals surface area (Å²) in [6.45, 7) is 2.85. The van der Waals surface area contributed by atoms with Gasteiger partial charge in [-0.15, -0.1) is 0 Å². The van der Waals surface area contributed by atoms with Crippen LogP contribution in [0.1, 0.15) is 29.8 Å². The quantitative estimate of drug-likeness (QED) is 0.616. The Bertz CT molecular complexity index is 440. The molecule has 0 spiro atoms. The van der Waals surface area contributed by atoms with Gasteiger partial charge >= 0.3 is 12.1 Å². The number of aryl methyl sites for hydroxylation is 1. The molecule has 18 heavy (non-hydrogen) atoms. The van der Waals surface area contributed by atoms with Gasteiger partial charge in [-0.3, -0.25) is 0 Å². The van der Waals surface area contributed by atoms with Gasteiger partial charge in [0.25, 0.3) is 0 Å². The lowest BCUT2D eigenvalue weighted by molar-refractivity contribution is -0.149. The molecule has 1 aromatic rings. The molecule has 0 amide bonds. The molecule has 1 rings (SSSR count). The maximum Gasteiger partial charge on any atom is 0.416 e. The van der Waals surface area contributed by atoms with Crippen LogP contribution in [-0.2, 0) is 15.7 Å². The molecule has 0 aliphatic carbocycles. The van der Waals surface area contributed by atoms with Gasteiger partial charge in [0.15, 0.2) is 0 Å². The smallest absolute Gasteiger partial charge is 0.416 e. The zero-order valence-corrected chi connectivity index (χ0v) is 9.84. The Hall–Kier alpha value is -1.59. The Kier molecular flexibility index (Phi) is 4.32. The number of esters is 1. The number of alkyl halides is 4. The van der Waals surface area contributed by atoms with Crippen molar-refractivity contribution in [3.8, 4) is 0 Å². The van der Waals surface area contributed by atoms with Crippen LogP contribution in [0.15, 0.2) is 18.2 Å². The predicted octanol–water partition coefficient (Wildman–Crippen LogP) is 3.59. The second-order valence-electron chi connectivity index (χ2n) is 3.68. The van der Waals surface area contributed by atoms with Crippen LogP contribution >= 0.6 is 0 Å². The summed E-state index contributed by atoms with van der Waals surface area (Å²) >= 11 is 0. The minimum atomic E-state index is -4.49. The fourth-order valence-corrected chi connectivity index (χ4v) is 1.48. The van der Waals surface area contributed by atoms with Crippen LogP contribution < -0.4 is 0 Å². The van der Waals surface area contributed by atoms with Gasteiger partial charge in [0.1, 0.15) is 0 Å². The number of rotatable bonds is 3. The van der Waals surface area contributed by atoms with E-state index in [-0.39, 0.29) is 17.7 Å². The van der Waals surface area contributed by atoms with Gasteiger partial charge in [0.05, 0.1) is 12.2 Å². The molecule has 2 nitrogen and oxygen atoms in total. The monoisotopic (exact) mass is 264 g/mol. The van der Waals surface area contributed by atoms with Crippen molar-refractivity contribution < 1.29 is 27.1 Å². The van der Waals surface area contributed by atoms with Crippen molar-refractivity contribution in [2.45, 2.75) is 26.2 Å². The molecule has 0 bridgehead atoms. The fraction of sp³-hybridized carbons (Fsp3) is 0.417. The molecule has 1 unspecified atom stereocenters. The molecular formula is C12H12F4O2. The van der Waals surface area contributed by atoms with Gasteiger partial charge in [0.2, 0.25) is 6.17 Å². The summed E-state index contributed by atoms with van der Waals surface area (Å²) in [5, 5.41) is 0. The summed E-state index contributed by atoms with van der Waals surface area (Å²) in [4.78, 5) is 11.2. The molecule has 0 heterocycles. The Morgan fingerprint density at radius 2 is 2.00 bits per heavy atom. The molecule has 1 aromatic carbocycles. The van der Waals surface area contributed by atoms with Crippen LogP contribution in [-0.4, -0.2) is 12.6 Å². The van der Waals surface area contributed by atoms with E-state index in [0.717, 1.165) is 18.2 Å². The molecular weight excluding hydrogens is 252 g/mol. The number of benzene rings is 1. The van der Waals surface area contributed by atoms with Crippen LogP contribution in [0.4, 0.5) is 17.6 Å². The second-order valence-corrected chi connectivity index (χ2v) is 3.68. The van der Waals surface area contributed by atoms with Crippen LogP contribution in [0.3, 0.4) is 0 Å². The normalized spacial score (nSPS) is 13.2. The van der Waals surface area contributed by atoms with E-state index in [1.165, 1.54) is 13.8 Å². The highest BCUT2D eigenvalue weighted by Crippen LogP contribution is 2.32. The molecule has 0 N–H and O–H groups in total. The van der Waals surface area contributed by atoms with Crippen molar-refractivity contribution in [1.82, 2.24) is 0 Å². The summed E-state index contributed by atoms with van der Waals surface area (Å²) in [6, 6.07) is 2.51. The molecule has 0 aromatic heterocycles. The van der Waals surface area contributed by atoms with Crippen LogP contribution in [0, 0.1) is 6.92 Å². The Balaban J connectivity index is 3.02. The van der Waals surface area contributed by atoms with E-state index in [0.29, 0.717) is 0 Å². The van der Waals surface area contributed by atoms with E-state index in [1.807, 2.05) is 0 Å². The van der Waals surface area contributed by atoms with Crippen molar-refractivity contribution in [2.75, 3.05) is 6.61 Å². The highest BCUT2D eigenvalue weighted by Gasteiger charge is 2.32. The summed E-state index contributed by atoms with van der Waals surface area (Å²) in [7, 11) is 0. The molecule has 100 valence electrons. The number of ether oxygens (including phenoxy) is 1. The number of hydrogen-bond acceptors (Lipinski definition) is 2. The molecule has 1 atom stereocenters. The SMILES string of the molecule is CCOC(=O)C(F)c1ccc(C(F)(F)F)cc1C. The summed E-state index contributed by atoms with van der Waals surface area (Å²) in [5.41, 5.74) is -0.924. The minimum absolute atomic E-state index is 0.0128. The first-order chi connectivity index (χ1) is 8.27. The lowest BCUT2D eigenvalue weighted by Gasteiger charge is -2.13. The Morgan fingerprint density at radius 3 is 2.44 bits per heavy atom.